The van der Waals surface area contributed by atoms with Crippen molar-refractivity contribution in [3.63, 3.8) is 0 Å². The topological polar surface area (TPSA) is 68.9 Å². The third kappa shape index (κ3) is 2.56. The van der Waals surface area contributed by atoms with Crippen molar-refractivity contribution in [1.29, 1.82) is 0 Å². The Labute approximate surface area is 149 Å². The summed E-state index contributed by atoms with van der Waals surface area (Å²) >= 11 is 0. The van der Waals surface area contributed by atoms with Crippen LogP contribution < -0.4 is 0 Å². The zero-order chi connectivity index (χ0) is 17.5. The summed E-state index contributed by atoms with van der Waals surface area (Å²) in [5.74, 6) is 0.806. The molecule has 0 amide bonds. The fourth-order valence-electron chi connectivity index (χ4n) is 3.17. The lowest BCUT2D eigenvalue weighted by Gasteiger charge is -2.00. The molecule has 5 aromatic heterocycles. The minimum Gasteiger partial charge on any atom is -0.253 e. The molecule has 5 aromatic rings. The van der Waals surface area contributed by atoms with Gasteiger partial charge in [-0.25, -0.2) is 19.5 Å². The van der Waals surface area contributed by atoms with Gasteiger partial charge in [0.25, 0.3) is 0 Å². The number of rotatable bonds is 3. The van der Waals surface area contributed by atoms with E-state index >= 15 is 0 Å². The lowest BCUT2D eigenvalue weighted by atomic mass is 10.2. The summed E-state index contributed by atoms with van der Waals surface area (Å²) in [5, 5.41) is 6.67. The minimum atomic E-state index is 0.730. The average molecular weight is 340 g/mol. The van der Waals surface area contributed by atoms with Crippen LogP contribution in [0.2, 0.25) is 0 Å². The lowest BCUT2D eigenvalue weighted by molar-refractivity contribution is 0.823. The third-order valence-electron chi connectivity index (χ3n) is 4.48. The van der Waals surface area contributed by atoms with Crippen LogP contribution in [0.15, 0.2) is 54.9 Å². The fourth-order valence-corrected chi connectivity index (χ4v) is 3.17. The largest absolute Gasteiger partial charge is 0.253 e. The smallest absolute Gasteiger partial charge is 0.164 e. The second-order valence-corrected chi connectivity index (χ2v) is 6.35. The lowest BCUT2D eigenvalue weighted by Crippen LogP contribution is -1.97. The van der Waals surface area contributed by atoms with E-state index in [1.165, 1.54) is 0 Å². The quantitative estimate of drug-likeness (QED) is 0.504. The molecule has 0 N–H and O–H groups in total. The van der Waals surface area contributed by atoms with E-state index < -0.39 is 0 Å². The Morgan fingerprint density at radius 1 is 0.923 bits per heavy atom. The van der Waals surface area contributed by atoms with E-state index in [0.29, 0.717) is 0 Å². The molecule has 0 aliphatic rings. The average Bonchev–Trinajstić information content (AvgIpc) is 3.09. The van der Waals surface area contributed by atoms with Gasteiger partial charge in [-0.15, -0.1) is 0 Å². The number of pyridine rings is 4. The standard InChI is InChI=1S/C20H16N6/c1-13-4-8-16-17(22-13)10-12-26-20(16)24-18(25-26)9-7-15-6-5-14-3-2-11-21-19(14)23-15/h2-6,8,10-12H,7,9H2,1H3. The van der Waals surface area contributed by atoms with Crippen LogP contribution in [-0.4, -0.2) is 29.5 Å². The molecule has 0 spiro atoms. The fraction of sp³-hybridized carbons (Fsp3) is 0.150. The Balaban J connectivity index is 1.46. The van der Waals surface area contributed by atoms with Gasteiger partial charge in [0.1, 0.15) is 0 Å². The van der Waals surface area contributed by atoms with E-state index in [2.05, 4.69) is 32.2 Å². The highest BCUT2D eigenvalue weighted by Crippen LogP contribution is 2.18. The molecule has 0 aromatic carbocycles. The summed E-state index contributed by atoms with van der Waals surface area (Å²) in [7, 11) is 0. The molecule has 0 unspecified atom stereocenters. The number of aryl methyl sites for hydroxylation is 3. The van der Waals surface area contributed by atoms with Crippen molar-refractivity contribution < 1.29 is 0 Å². The molecule has 6 nitrogen and oxygen atoms in total. The maximum absolute atomic E-state index is 4.72. The molecule has 0 aliphatic carbocycles. The van der Waals surface area contributed by atoms with Crippen molar-refractivity contribution in [3.8, 4) is 0 Å². The number of hydrogen-bond acceptors (Lipinski definition) is 5. The van der Waals surface area contributed by atoms with Crippen molar-refractivity contribution >= 4 is 27.6 Å². The first-order chi connectivity index (χ1) is 12.8. The molecule has 0 bridgehead atoms. The summed E-state index contributed by atoms with van der Waals surface area (Å²) in [6, 6.07) is 14.1. The highest BCUT2D eigenvalue weighted by atomic mass is 15.3. The highest BCUT2D eigenvalue weighted by molar-refractivity contribution is 5.91. The first-order valence-electron chi connectivity index (χ1n) is 8.58. The predicted octanol–water partition coefficient (Wildman–Crippen LogP) is 3.31. The number of hydrogen-bond donors (Lipinski definition) is 0. The zero-order valence-electron chi connectivity index (χ0n) is 14.3. The van der Waals surface area contributed by atoms with Gasteiger partial charge >= 0.3 is 0 Å². The summed E-state index contributed by atoms with van der Waals surface area (Å²) in [6.45, 7) is 1.99. The zero-order valence-corrected chi connectivity index (χ0v) is 14.3. The molecular formula is C20H16N6. The van der Waals surface area contributed by atoms with E-state index in [0.717, 1.165) is 57.6 Å². The van der Waals surface area contributed by atoms with Crippen molar-refractivity contribution in [2.24, 2.45) is 0 Å². The minimum absolute atomic E-state index is 0.730. The van der Waals surface area contributed by atoms with Crippen LogP contribution in [0.1, 0.15) is 17.2 Å². The van der Waals surface area contributed by atoms with Gasteiger partial charge in [-0.2, -0.15) is 5.10 Å². The van der Waals surface area contributed by atoms with Crippen LogP contribution in [-0.2, 0) is 12.8 Å². The maximum Gasteiger partial charge on any atom is 0.164 e. The molecule has 0 saturated carbocycles. The summed E-state index contributed by atoms with van der Waals surface area (Å²) < 4.78 is 1.82. The maximum atomic E-state index is 4.72. The molecule has 5 heterocycles. The van der Waals surface area contributed by atoms with Crippen LogP contribution in [0, 0.1) is 6.92 Å². The molecule has 0 aliphatic heterocycles. The van der Waals surface area contributed by atoms with Gasteiger partial charge in [0.2, 0.25) is 0 Å². The van der Waals surface area contributed by atoms with Gasteiger partial charge in [0, 0.05) is 41.0 Å². The molecule has 26 heavy (non-hydrogen) atoms. The number of fused-ring (bicyclic) bond motifs is 4. The first kappa shape index (κ1) is 14.9. The molecule has 6 heteroatoms. The first-order valence-corrected chi connectivity index (χ1v) is 8.58. The Bertz CT molecular complexity index is 1260. The summed E-state index contributed by atoms with van der Waals surface area (Å²) in [5.41, 5.74) is 4.56. The van der Waals surface area contributed by atoms with E-state index in [4.69, 9.17) is 4.98 Å². The van der Waals surface area contributed by atoms with Crippen LogP contribution >= 0.6 is 0 Å². The van der Waals surface area contributed by atoms with Crippen LogP contribution in [0.4, 0.5) is 0 Å². The van der Waals surface area contributed by atoms with Gasteiger partial charge in [-0.1, -0.05) is 0 Å². The van der Waals surface area contributed by atoms with Crippen LogP contribution in [0.5, 0.6) is 0 Å². The second kappa shape index (κ2) is 5.84. The molecule has 5 rings (SSSR count). The number of nitrogens with zero attached hydrogens (tertiary/aromatic N) is 6. The third-order valence-corrected chi connectivity index (χ3v) is 4.48. The van der Waals surface area contributed by atoms with Crippen LogP contribution in [0.25, 0.3) is 27.6 Å². The van der Waals surface area contributed by atoms with Crippen molar-refractivity contribution in [1.82, 2.24) is 29.5 Å². The Morgan fingerprint density at radius 3 is 2.85 bits per heavy atom. The normalized spacial score (nSPS) is 11.6. The SMILES string of the molecule is Cc1ccc2c(ccn3nc(CCc4ccc5cccnc5n4)nc23)n1. The van der Waals surface area contributed by atoms with Gasteiger partial charge in [0.15, 0.2) is 17.1 Å². The monoisotopic (exact) mass is 340 g/mol. The molecule has 0 saturated heterocycles. The van der Waals surface area contributed by atoms with E-state index in [1.54, 1.807) is 6.20 Å². The molecular weight excluding hydrogens is 324 g/mol. The van der Waals surface area contributed by atoms with E-state index in [1.807, 2.05) is 48.0 Å². The number of aromatic nitrogens is 6. The summed E-state index contributed by atoms with van der Waals surface area (Å²) in [4.78, 5) is 18.2. The van der Waals surface area contributed by atoms with Gasteiger partial charge in [-0.05, 0) is 55.8 Å². The van der Waals surface area contributed by atoms with Crippen molar-refractivity contribution in [2.75, 3.05) is 0 Å². The Hall–Kier alpha value is -3.41. The molecule has 0 atom stereocenters. The van der Waals surface area contributed by atoms with Gasteiger partial charge < -0.3 is 0 Å². The Kier molecular flexibility index (Phi) is 3.35. The van der Waals surface area contributed by atoms with Gasteiger partial charge in [0.05, 0.1) is 5.52 Å². The molecule has 0 radical (unpaired) electrons. The second-order valence-electron chi connectivity index (χ2n) is 6.35. The summed E-state index contributed by atoms with van der Waals surface area (Å²) in [6.07, 6.45) is 5.19. The van der Waals surface area contributed by atoms with Crippen LogP contribution in [0.3, 0.4) is 0 Å². The van der Waals surface area contributed by atoms with Crippen molar-refractivity contribution in [3.05, 3.63) is 72.1 Å². The predicted molar refractivity (Wildman–Crippen MR) is 100.0 cm³/mol. The van der Waals surface area contributed by atoms with E-state index in [-0.39, 0.29) is 0 Å². The van der Waals surface area contributed by atoms with Crippen molar-refractivity contribution in [2.45, 2.75) is 19.8 Å². The molecule has 0 fully saturated rings. The molecule has 126 valence electrons. The van der Waals surface area contributed by atoms with E-state index in [9.17, 15) is 0 Å². The van der Waals surface area contributed by atoms with Gasteiger partial charge in [-0.3, -0.25) is 4.98 Å². The highest BCUT2D eigenvalue weighted by Gasteiger charge is 2.09. The Morgan fingerprint density at radius 2 is 1.88 bits per heavy atom.